The van der Waals surface area contributed by atoms with E-state index in [-0.39, 0.29) is 29.7 Å². The number of fused-ring (bicyclic) bond motifs is 1. The number of hydrogen-bond acceptors (Lipinski definition) is 3. The largest absolute Gasteiger partial charge is 0.481 e. The van der Waals surface area contributed by atoms with Gasteiger partial charge in [0.1, 0.15) is 0 Å². The Morgan fingerprint density at radius 2 is 1.71 bits per heavy atom. The van der Waals surface area contributed by atoms with Crippen LogP contribution in [0.4, 0.5) is 4.79 Å². The van der Waals surface area contributed by atoms with Crippen LogP contribution < -0.4 is 11.0 Å². The van der Waals surface area contributed by atoms with Gasteiger partial charge in [-0.25, -0.2) is 9.59 Å². The maximum Gasteiger partial charge on any atom is 0.326 e. The van der Waals surface area contributed by atoms with Gasteiger partial charge in [-0.1, -0.05) is 12.1 Å². The summed E-state index contributed by atoms with van der Waals surface area (Å²) in [7, 11) is 0. The number of H-pyrrole nitrogens is 1. The number of aliphatic carboxylic acids is 1. The maximum absolute atomic E-state index is 12.6. The van der Waals surface area contributed by atoms with Crippen LogP contribution in [0.25, 0.3) is 11.0 Å². The number of hydrogen-bond donors (Lipinski definition) is 3. The molecule has 0 bridgehead atoms. The number of aromatic amines is 1. The molecule has 2 heterocycles. The Labute approximate surface area is 162 Å². The number of urea groups is 1. The molecule has 2 aromatic rings. The smallest absolute Gasteiger partial charge is 0.326 e. The Morgan fingerprint density at radius 1 is 1.04 bits per heavy atom. The fourth-order valence-corrected chi connectivity index (χ4v) is 4.51. The molecule has 2 aliphatic rings. The second-order valence-corrected chi connectivity index (χ2v) is 7.87. The number of nitrogens with zero attached hydrogens (tertiary/aromatic N) is 2. The predicted octanol–water partition coefficient (Wildman–Crippen LogP) is 2.32. The molecule has 0 atom stereocenters. The highest BCUT2D eigenvalue weighted by Crippen LogP contribution is 2.26. The zero-order valence-electron chi connectivity index (χ0n) is 15.8. The molecule has 3 N–H and O–H groups in total. The number of carbonyl (C=O) groups excluding carboxylic acids is 1. The molecule has 150 valence electrons. The number of likely N-dealkylation sites (tertiary alicyclic amines) is 1. The molecule has 0 radical (unpaired) electrons. The van der Waals surface area contributed by atoms with Crippen molar-refractivity contribution in [3.63, 3.8) is 0 Å². The normalized spacial score (nSPS) is 23.6. The van der Waals surface area contributed by atoms with Gasteiger partial charge in [0, 0.05) is 25.2 Å². The van der Waals surface area contributed by atoms with Crippen LogP contribution in [-0.2, 0) is 4.79 Å². The number of benzene rings is 1. The van der Waals surface area contributed by atoms with E-state index in [0.717, 1.165) is 23.9 Å². The lowest BCUT2D eigenvalue weighted by molar-refractivity contribution is -0.142. The monoisotopic (exact) mass is 386 g/mol. The van der Waals surface area contributed by atoms with E-state index in [1.165, 1.54) is 0 Å². The van der Waals surface area contributed by atoms with Gasteiger partial charge in [-0.3, -0.25) is 9.36 Å². The minimum Gasteiger partial charge on any atom is -0.481 e. The number of nitrogens with one attached hydrogen (secondary N) is 2. The van der Waals surface area contributed by atoms with E-state index in [0.29, 0.717) is 38.8 Å². The molecule has 0 unspecified atom stereocenters. The third-order valence-electron chi connectivity index (χ3n) is 6.14. The van der Waals surface area contributed by atoms with Gasteiger partial charge in [-0.15, -0.1) is 0 Å². The number of imidazole rings is 1. The van der Waals surface area contributed by atoms with Crippen molar-refractivity contribution < 1.29 is 14.7 Å². The quantitative estimate of drug-likeness (QED) is 0.752. The number of carboxylic acids is 1. The number of amides is 2. The van der Waals surface area contributed by atoms with E-state index in [9.17, 15) is 14.4 Å². The molecule has 1 aromatic heterocycles. The zero-order valence-corrected chi connectivity index (χ0v) is 15.8. The lowest BCUT2D eigenvalue weighted by Gasteiger charge is -2.34. The summed E-state index contributed by atoms with van der Waals surface area (Å²) in [5.74, 6) is -1.02. The van der Waals surface area contributed by atoms with Crippen LogP contribution in [0, 0.1) is 5.92 Å². The molecule has 1 aliphatic carbocycles. The number of carboxylic acid groups (broad SMARTS) is 1. The number of aromatic nitrogens is 2. The summed E-state index contributed by atoms with van der Waals surface area (Å²) < 4.78 is 1.82. The maximum atomic E-state index is 12.6. The van der Waals surface area contributed by atoms with Gasteiger partial charge in [0.15, 0.2) is 0 Å². The van der Waals surface area contributed by atoms with Crippen molar-refractivity contribution in [2.75, 3.05) is 13.1 Å². The molecule has 2 fully saturated rings. The summed E-state index contributed by atoms with van der Waals surface area (Å²) >= 11 is 0. The van der Waals surface area contributed by atoms with Crippen LogP contribution in [0.5, 0.6) is 0 Å². The Bertz CT molecular complexity index is 918. The third-order valence-corrected chi connectivity index (χ3v) is 6.14. The lowest BCUT2D eigenvalue weighted by Crippen LogP contribution is -2.49. The van der Waals surface area contributed by atoms with E-state index in [1.807, 2.05) is 28.8 Å². The standard InChI is InChI=1S/C20H26N4O4/c25-18(26)13-5-7-14(8-6-13)21-19(27)23-11-9-15(10-12-23)24-17-4-2-1-3-16(17)22-20(24)28/h1-4,13-15H,5-12H2,(H,21,27)(H,22,28)(H,25,26). The van der Waals surface area contributed by atoms with Crippen LogP contribution in [0.1, 0.15) is 44.6 Å². The fourth-order valence-electron chi connectivity index (χ4n) is 4.51. The first-order valence-corrected chi connectivity index (χ1v) is 10.0. The number of piperidine rings is 1. The van der Waals surface area contributed by atoms with Gasteiger partial charge in [0.25, 0.3) is 0 Å². The second kappa shape index (κ2) is 7.69. The molecule has 28 heavy (non-hydrogen) atoms. The summed E-state index contributed by atoms with van der Waals surface area (Å²) in [4.78, 5) is 40.7. The summed E-state index contributed by atoms with van der Waals surface area (Å²) in [6, 6.07) is 7.72. The summed E-state index contributed by atoms with van der Waals surface area (Å²) in [6.45, 7) is 1.21. The lowest BCUT2D eigenvalue weighted by atomic mass is 9.86. The minimum atomic E-state index is -0.737. The second-order valence-electron chi connectivity index (χ2n) is 7.87. The van der Waals surface area contributed by atoms with Gasteiger partial charge >= 0.3 is 17.7 Å². The van der Waals surface area contributed by atoms with Gasteiger partial charge in [0.05, 0.1) is 17.0 Å². The molecule has 4 rings (SSSR count). The van der Waals surface area contributed by atoms with E-state index >= 15 is 0 Å². The van der Waals surface area contributed by atoms with E-state index in [2.05, 4.69) is 10.3 Å². The van der Waals surface area contributed by atoms with Gasteiger partial charge in [0.2, 0.25) is 0 Å². The van der Waals surface area contributed by atoms with Gasteiger partial charge in [-0.2, -0.15) is 0 Å². The van der Waals surface area contributed by atoms with Gasteiger partial charge < -0.3 is 20.3 Å². The van der Waals surface area contributed by atoms with Crippen LogP contribution in [0.2, 0.25) is 0 Å². The molecule has 1 saturated heterocycles. The number of carbonyl (C=O) groups is 2. The van der Waals surface area contributed by atoms with Crippen LogP contribution in [-0.4, -0.2) is 50.7 Å². The fraction of sp³-hybridized carbons (Fsp3) is 0.550. The Balaban J connectivity index is 1.33. The van der Waals surface area contributed by atoms with Crippen LogP contribution in [0.15, 0.2) is 29.1 Å². The first kappa shape index (κ1) is 18.6. The third kappa shape index (κ3) is 3.63. The molecule has 0 spiro atoms. The van der Waals surface area contributed by atoms with Crippen molar-refractivity contribution in [3.05, 3.63) is 34.7 Å². The zero-order chi connectivity index (χ0) is 19.7. The summed E-state index contributed by atoms with van der Waals surface area (Å²) in [6.07, 6.45) is 4.13. The molecule has 8 heteroatoms. The minimum absolute atomic E-state index is 0.0528. The summed E-state index contributed by atoms with van der Waals surface area (Å²) in [5, 5.41) is 12.1. The first-order chi connectivity index (χ1) is 13.5. The molecule has 1 aliphatic heterocycles. The molecular formula is C20H26N4O4. The van der Waals surface area contributed by atoms with E-state index in [4.69, 9.17) is 5.11 Å². The molecule has 8 nitrogen and oxygen atoms in total. The highest BCUT2D eigenvalue weighted by Gasteiger charge is 2.30. The SMILES string of the molecule is O=C(O)C1CCC(NC(=O)N2CCC(n3c(=O)[nH]c4ccccc43)CC2)CC1. The average Bonchev–Trinajstić information content (AvgIpc) is 3.04. The Kier molecular flexibility index (Phi) is 5.11. The van der Waals surface area contributed by atoms with E-state index < -0.39 is 5.97 Å². The molecule has 1 aromatic carbocycles. The molecular weight excluding hydrogens is 360 g/mol. The first-order valence-electron chi connectivity index (χ1n) is 10.0. The Morgan fingerprint density at radius 3 is 2.39 bits per heavy atom. The van der Waals surface area contributed by atoms with Crippen molar-refractivity contribution in [3.8, 4) is 0 Å². The van der Waals surface area contributed by atoms with Crippen molar-refractivity contribution in [1.29, 1.82) is 0 Å². The highest BCUT2D eigenvalue weighted by atomic mass is 16.4. The topological polar surface area (TPSA) is 107 Å². The van der Waals surface area contributed by atoms with Crippen molar-refractivity contribution in [2.24, 2.45) is 5.92 Å². The van der Waals surface area contributed by atoms with Crippen LogP contribution in [0.3, 0.4) is 0 Å². The molecule has 1 saturated carbocycles. The predicted molar refractivity (Wildman–Crippen MR) is 104 cm³/mol. The van der Waals surface area contributed by atoms with Crippen molar-refractivity contribution in [2.45, 2.75) is 50.6 Å². The average molecular weight is 386 g/mol. The number of rotatable bonds is 3. The van der Waals surface area contributed by atoms with Crippen molar-refractivity contribution in [1.82, 2.24) is 19.8 Å². The molecule has 2 amide bonds. The van der Waals surface area contributed by atoms with E-state index in [1.54, 1.807) is 4.90 Å². The van der Waals surface area contributed by atoms with Crippen LogP contribution >= 0.6 is 0 Å². The van der Waals surface area contributed by atoms with Gasteiger partial charge in [-0.05, 0) is 50.7 Å². The van der Waals surface area contributed by atoms with Crippen molar-refractivity contribution >= 4 is 23.0 Å². The number of para-hydroxylation sites is 2. The highest BCUT2D eigenvalue weighted by molar-refractivity contribution is 5.76. The summed E-state index contributed by atoms with van der Waals surface area (Å²) in [5.41, 5.74) is 1.65. The Hall–Kier alpha value is -2.77.